The lowest BCUT2D eigenvalue weighted by Crippen LogP contribution is -2.14. The Labute approximate surface area is 172 Å². The number of anilines is 1. The SMILES string of the molecule is CCCc1cc(-c2nnc(SCC(=O)Nc3cccc(C(C)=O)c3)n2C)cs1. The van der Waals surface area contributed by atoms with Gasteiger partial charge in [0.25, 0.3) is 0 Å². The summed E-state index contributed by atoms with van der Waals surface area (Å²) in [5.74, 6) is 0.820. The van der Waals surface area contributed by atoms with Gasteiger partial charge in [-0.25, -0.2) is 0 Å². The lowest BCUT2D eigenvalue weighted by atomic mass is 10.1. The number of Topliss-reactive ketones (excluding diaryl/α,β-unsaturated/α-hetero) is 1. The molecule has 0 aliphatic heterocycles. The van der Waals surface area contributed by atoms with Crippen molar-refractivity contribution < 1.29 is 9.59 Å². The van der Waals surface area contributed by atoms with E-state index in [0.29, 0.717) is 16.4 Å². The largest absolute Gasteiger partial charge is 0.325 e. The predicted molar refractivity (Wildman–Crippen MR) is 114 cm³/mol. The summed E-state index contributed by atoms with van der Waals surface area (Å²) in [6.45, 7) is 3.67. The van der Waals surface area contributed by atoms with Crippen LogP contribution in [0.25, 0.3) is 11.4 Å². The maximum atomic E-state index is 12.3. The van der Waals surface area contributed by atoms with Crippen molar-refractivity contribution >= 4 is 40.5 Å². The molecule has 0 unspecified atom stereocenters. The zero-order chi connectivity index (χ0) is 20.1. The molecule has 0 fully saturated rings. The van der Waals surface area contributed by atoms with Gasteiger partial charge in [0.2, 0.25) is 5.91 Å². The third-order valence-electron chi connectivity index (χ3n) is 4.13. The second-order valence-corrected chi connectivity index (χ2v) is 8.33. The molecule has 1 aromatic carbocycles. The van der Waals surface area contributed by atoms with E-state index in [1.165, 1.54) is 23.6 Å². The van der Waals surface area contributed by atoms with E-state index in [1.807, 2.05) is 11.6 Å². The van der Waals surface area contributed by atoms with Crippen molar-refractivity contribution in [2.45, 2.75) is 31.8 Å². The summed E-state index contributed by atoms with van der Waals surface area (Å²) in [5, 5.41) is 14.1. The molecule has 0 atom stereocenters. The van der Waals surface area contributed by atoms with Crippen molar-refractivity contribution in [2.24, 2.45) is 7.05 Å². The van der Waals surface area contributed by atoms with Crippen molar-refractivity contribution in [3.63, 3.8) is 0 Å². The van der Waals surface area contributed by atoms with Crippen LogP contribution in [0.3, 0.4) is 0 Å². The number of nitrogens with zero attached hydrogens (tertiary/aromatic N) is 3. The Morgan fingerprint density at radius 3 is 2.82 bits per heavy atom. The molecular formula is C20H22N4O2S2. The Morgan fingerprint density at radius 1 is 1.25 bits per heavy atom. The number of hydrogen-bond acceptors (Lipinski definition) is 6. The predicted octanol–water partition coefficient (Wildman–Crippen LogP) is 4.43. The molecule has 2 heterocycles. The topological polar surface area (TPSA) is 76.9 Å². The fraction of sp³-hybridized carbons (Fsp3) is 0.300. The lowest BCUT2D eigenvalue weighted by Gasteiger charge is -2.06. The van der Waals surface area contributed by atoms with Gasteiger partial charge in [-0.2, -0.15) is 0 Å². The highest BCUT2D eigenvalue weighted by atomic mass is 32.2. The van der Waals surface area contributed by atoms with Crippen LogP contribution in [0.2, 0.25) is 0 Å². The number of aromatic nitrogens is 3. The normalized spacial score (nSPS) is 10.8. The maximum Gasteiger partial charge on any atom is 0.234 e. The van der Waals surface area contributed by atoms with E-state index < -0.39 is 0 Å². The number of rotatable bonds is 8. The summed E-state index contributed by atoms with van der Waals surface area (Å²) < 4.78 is 1.91. The molecule has 28 heavy (non-hydrogen) atoms. The number of hydrogen-bond donors (Lipinski definition) is 1. The van der Waals surface area contributed by atoms with Gasteiger partial charge < -0.3 is 9.88 Å². The fourth-order valence-corrected chi connectivity index (χ4v) is 4.39. The van der Waals surface area contributed by atoms with Gasteiger partial charge in [0.05, 0.1) is 5.75 Å². The van der Waals surface area contributed by atoms with Crippen molar-refractivity contribution in [3.8, 4) is 11.4 Å². The Hall–Kier alpha value is -2.45. The molecule has 0 radical (unpaired) electrons. The average molecular weight is 415 g/mol. The van der Waals surface area contributed by atoms with Crippen LogP contribution in [0.5, 0.6) is 0 Å². The molecule has 3 aromatic rings. The highest BCUT2D eigenvalue weighted by Gasteiger charge is 2.14. The number of benzene rings is 1. The van der Waals surface area contributed by atoms with Gasteiger partial charge in [-0.3, -0.25) is 9.59 Å². The van der Waals surface area contributed by atoms with Gasteiger partial charge in [-0.05, 0) is 31.5 Å². The summed E-state index contributed by atoms with van der Waals surface area (Å²) in [5.41, 5.74) is 2.24. The van der Waals surface area contributed by atoms with Gasteiger partial charge in [-0.1, -0.05) is 37.2 Å². The molecule has 0 bridgehead atoms. The van der Waals surface area contributed by atoms with Crippen LogP contribution < -0.4 is 5.32 Å². The first-order valence-electron chi connectivity index (χ1n) is 8.98. The molecule has 2 aromatic heterocycles. The fourth-order valence-electron chi connectivity index (χ4n) is 2.71. The summed E-state index contributed by atoms with van der Waals surface area (Å²) in [6, 6.07) is 9.07. The number of nitrogens with one attached hydrogen (secondary N) is 1. The van der Waals surface area contributed by atoms with E-state index in [1.54, 1.807) is 35.6 Å². The lowest BCUT2D eigenvalue weighted by molar-refractivity contribution is -0.113. The molecule has 6 nitrogen and oxygen atoms in total. The summed E-state index contributed by atoms with van der Waals surface area (Å²) in [6.07, 6.45) is 2.18. The van der Waals surface area contributed by atoms with E-state index in [0.717, 1.165) is 24.2 Å². The zero-order valence-corrected chi connectivity index (χ0v) is 17.7. The highest BCUT2D eigenvalue weighted by Crippen LogP contribution is 2.27. The van der Waals surface area contributed by atoms with Crippen molar-refractivity contribution in [1.29, 1.82) is 0 Å². The Morgan fingerprint density at radius 2 is 2.07 bits per heavy atom. The smallest absolute Gasteiger partial charge is 0.234 e. The standard InChI is InChI=1S/C20H22N4O2S2/c1-4-6-17-10-15(11-27-17)19-22-23-20(24(19)3)28-12-18(26)21-16-8-5-7-14(9-16)13(2)25/h5,7-11H,4,6,12H2,1-3H3,(H,21,26). The molecule has 1 amide bonds. The van der Waals surface area contributed by atoms with Crippen LogP contribution in [0.1, 0.15) is 35.5 Å². The Kier molecular flexibility index (Phi) is 6.64. The van der Waals surface area contributed by atoms with Gasteiger partial charge >= 0.3 is 0 Å². The van der Waals surface area contributed by atoms with Crippen LogP contribution in [0.15, 0.2) is 40.9 Å². The number of thioether (sulfide) groups is 1. The van der Waals surface area contributed by atoms with Crippen molar-refractivity contribution in [3.05, 3.63) is 46.2 Å². The second kappa shape index (κ2) is 9.16. The molecular weight excluding hydrogens is 392 g/mol. The van der Waals surface area contributed by atoms with Crippen LogP contribution in [0.4, 0.5) is 5.69 Å². The minimum absolute atomic E-state index is 0.0346. The number of aryl methyl sites for hydroxylation is 1. The average Bonchev–Trinajstić information content (AvgIpc) is 3.27. The quantitative estimate of drug-likeness (QED) is 0.436. The van der Waals surface area contributed by atoms with E-state index in [-0.39, 0.29) is 17.4 Å². The van der Waals surface area contributed by atoms with E-state index in [9.17, 15) is 9.59 Å². The van der Waals surface area contributed by atoms with Gasteiger partial charge in [0.1, 0.15) is 0 Å². The number of ketones is 1. The van der Waals surface area contributed by atoms with Crippen molar-refractivity contribution in [2.75, 3.05) is 11.1 Å². The molecule has 8 heteroatoms. The molecule has 3 rings (SSSR count). The molecule has 1 N–H and O–H groups in total. The first-order valence-corrected chi connectivity index (χ1v) is 10.8. The van der Waals surface area contributed by atoms with Gasteiger partial charge in [-0.15, -0.1) is 21.5 Å². The summed E-state index contributed by atoms with van der Waals surface area (Å²) >= 11 is 3.06. The summed E-state index contributed by atoms with van der Waals surface area (Å²) in [7, 11) is 1.91. The molecule has 0 saturated heterocycles. The third-order valence-corrected chi connectivity index (χ3v) is 6.15. The van der Waals surface area contributed by atoms with Crippen molar-refractivity contribution in [1.82, 2.24) is 14.8 Å². The van der Waals surface area contributed by atoms with Crippen LogP contribution in [-0.2, 0) is 18.3 Å². The number of thiophene rings is 1. The van der Waals surface area contributed by atoms with Gasteiger partial charge in [0, 0.05) is 34.1 Å². The Bertz CT molecular complexity index is 994. The second-order valence-electron chi connectivity index (χ2n) is 6.39. The molecule has 0 spiro atoms. The summed E-state index contributed by atoms with van der Waals surface area (Å²) in [4.78, 5) is 25.0. The number of amides is 1. The van der Waals surface area contributed by atoms with Crippen LogP contribution >= 0.6 is 23.1 Å². The van der Waals surface area contributed by atoms with Gasteiger partial charge in [0.15, 0.2) is 16.8 Å². The molecule has 0 aliphatic carbocycles. The molecule has 0 aliphatic rings. The molecule has 0 saturated carbocycles. The van der Waals surface area contributed by atoms with E-state index in [4.69, 9.17) is 0 Å². The molecule has 146 valence electrons. The first kappa shape index (κ1) is 20.3. The monoisotopic (exact) mass is 414 g/mol. The Balaban J connectivity index is 1.61. The third kappa shape index (κ3) is 4.88. The maximum absolute atomic E-state index is 12.3. The number of carbonyl (C=O) groups is 2. The van der Waals surface area contributed by atoms with E-state index >= 15 is 0 Å². The minimum Gasteiger partial charge on any atom is -0.325 e. The van der Waals surface area contributed by atoms with Crippen LogP contribution in [-0.4, -0.2) is 32.2 Å². The van der Waals surface area contributed by atoms with Crippen LogP contribution in [0, 0.1) is 0 Å². The highest BCUT2D eigenvalue weighted by molar-refractivity contribution is 7.99. The van der Waals surface area contributed by atoms with E-state index in [2.05, 4.69) is 33.9 Å². The number of carbonyl (C=O) groups excluding carboxylic acids is 2. The minimum atomic E-state index is -0.156. The first-order chi connectivity index (χ1) is 13.5. The zero-order valence-electron chi connectivity index (χ0n) is 16.1.